The average Bonchev–Trinajstić information content (AvgIpc) is 3.06. The van der Waals surface area contributed by atoms with Crippen LogP contribution in [0.25, 0.3) is 0 Å². The van der Waals surface area contributed by atoms with Crippen LogP contribution in [-0.4, -0.2) is 26.5 Å². The first-order chi connectivity index (χ1) is 11.1. The molecule has 0 spiro atoms. The third kappa shape index (κ3) is 3.84. The van der Waals surface area contributed by atoms with Crippen molar-refractivity contribution in [3.05, 3.63) is 35.3 Å². The first-order valence-corrected chi connectivity index (χ1v) is 10.2. The Labute approximate surface area is 141 Å². The predicted molar refractivity (Wildman–Crippen MR) is 94.8 cm³/mol. The van der Waals surface area contributed by atoms with Gasteiger partial charge in [-0.3, -0.25) is 4.72 Å². The molecule has 3 rings (SSSR count). The molecule has 3 heterocycles. The van der Waals surface area contributed by atoms with Gasteiger partial charge < -0.3 is 4.90 Å². The summed E-state index contributed by atoms with van der Waals surface area (Å²) in [4.78, 5) is 7.61. The van der Waals surface area contributed by atoms with Crippen LogP contribution in [0.1, 0.15) is 31.1 Å². The third-order valence-electron chi connectivity index (χ3n) is 3.96. The van der Waals surface area contributed by atoms with Crippen molar-refractivity contribution in [3.8, 4) is 0 Å². The zero-order chi connectivity index (χ0) is 16.3. The van der Waals surface area contributed by atoms with Crippen LogP contribution < -0.4 is 9.62 Å². The topological polar surface area (TPSA) is 62.3 Å². The molecule has 124 valence electrons. The summed E-state index contributed by atoms with van der Waals surface area (Å²) >= 11 is 1.30. The zero-order valence-electron chi connectivity index (χ0n) is 13.2. The Kier molecular flexibility index (Phi) is 4.87. The van der Waals surface area contributed by atoms with Crippen molar-refractivity contribution in [1.29, 1.82) is 0 Å². The van der Waals surface area contributed by atoms with E-state index in [2.05, 4.69) is 14.6 Å². The van der Waals surface area contributed by atoms with E-state index in [-0.39, 0.29) is 0 Å². The maximum absolute atomic E-state index is 12.4. The molecule has 0 bridgehead atoms. The van der Waals surface area contributed by atoms with Crippen molar-refractivity contribution >= 4 is 32.9 Å². The van der Waals surface area contributed by atoms with Gasteiger partial charge in [0.2, 0.25) is 0 Å². The quantitative estimate of drug-likeness (QED) is 0.895. The summed E-state index contributed by atoms with van der Waals surface area (Å²) in [7, 11) is -3.55. The number of aryl methyl sites for hydroxylation is 1. The first kappa shape index (κ1) is 16.3. The number of hydrogen-bond acceptors (Lipinski definition) is 5. The number of sulfonamides is 1. The van der Waals surface area contributed by atoms with Gasteiger partial charge in [0.25, 0.3) is 10.0 Å². The van der Waals surface area contributed by atoms with E-state index in [1.165, 1.54) is 30.6 Å². The lowest BCUT2D eigenvalue weighted by Crippen LogP contribution is -2.29. The summed E-state index contributed by atoms with van der Waals surface area (Å²) < 4.78 is 27.6. The van der Waals surface area contributed by atoms with Gasteiger partial charge in [0.05, 0.1) is 11.9 Å². The van der Waals surface area contributed by atoms with Gasteiger partial charge in [0.1, 0.15) is 10.0 Å². The van der Waals surface area contributed by atoms with Crippen molar-refractivity contribution in [1.82, 2.24) is 4.98 Å². The second kappa shape index (κ2) is 6.88. The van der Waals surface area contributed by atoms with Gasteiger partial charge in [0, 0.05) is 18.0 Å². The van der Waals surface area contributed by atoms with E-state index in [0.29, 0.717) is 10.0 Å². The van der Waals surface area contributed by atoms with E-state index in [4.69, 9.17) is 0 Å². The fourth-order valence-corrected chi connectivity index (χ4v) is 4.97. The number of pyridine rings is 1. The average molecular weight is 351 g/mol. The number of rotatable bonds is 5. The highest BCUT2D eigenvalue weighted by Gasteiger charge is 2.18. The maximum Gasteiger partial charge on any atom is 0.272 e. The summed E-state index contributed by atoms with van der Waals surface area (Å²) in [6, 6.07) is 7.16. The molecule has 1 fully saturated rings. The minimum absolute atomic E-state index is 0.330. The summed E-state index contributed by atoms with van der Waals surface area (Å²) in [6.07, 6.45) is 6.26. The molecule has 5 nitrogen and oxygen atoms in total. The molecule has 2 aromatic heterocycles. The largest absolute Gasteiger partial charge is 0.370 e. The highest BCUT2D eigenvalue weighted by atomic mass is 32.2. The molecule has 0 saturated carbocycles. The minimum Gasteiger partial charge on any atom is -0.370 e. The monoisotopic (exact) mass is 351 g/mol. The van der Waals surface area contributed by atoms with Gasteiger partial charge in [-0.15, -0.1) is 11.3 Å². The summed E-state index contributed by atoms with van der Waals surface area (Å²) in [5, 5.41) is 0. The van der Waals surface area contributed by atoms with E-state index in [0.717, 1.165) is 30.1 Å². The smallest absolute Gasteiger partial charge is 0.272 e. The van der Waals surface area contributed by atoms with Crippen LogP contribution >= 0.6 is 11.3 Å². The van der Waals surface area contributed by atoms with Gasteiger partial charge in [-0.05, 0) is 49.9 Å². The van der Waals surface area contributed by atoms with Crippen LogP contribution in [0.5, 0.6) is 0 Å². The normalized spacial score (nSPS) is 15.6. The van der Waals surface area contributed by atoms with Crippen molar-refractivity contribution in [2.75, 3.05) is 22.7 Å². The van der Waals surface area contributed by atoms with Gasteiger partial charge in [0.15, 0.2) is 0 Å². The number of hydrogen-bond donors (Lipinski definition) is 1. The predicted octanol–water partition coefficient (Wildman–Crippen LogP) is 3.50. The molecule has 0 radical (unpaired) electrons. The second-order valence-electron chi connectivity index (χ2n) is 5.63. The molecule has 2 aromatic rings. The fourth-order valence-electron chi connectivity index (χ4n) is 2.67. The molecule has 23 heavy (non-hydrogen) atoms. The molecule has 0 unspecified atom stereocenters. The van der Waals surface area contributed by atoms with Gasteiger partial charge >= 0.3 is 0 Å². The van der Waals surface area contributed by atoms with Gasteiger partial charge in [-0.25, -0.2) is 13.4 Å². The van der Waals surface area contributed by atoms with Crippen molar-refractivity contribution in [2.45, 2.75) is 36.8 Å². The molecule has 0 atom stereocenters. The Hall–Kier alpha value is -1.60. The van der Waals surface area contributed by atoms with Crippen LogP contribution in [0, 0.1) is 0 Å². The van der Waals surface area contributed by atoms with Crippen LogP contribution in [0.2, 0.25) is 0 Å². The molecule has 0 aromatic carbocycles. The molecule has 7 heteroatoms. The summed E-state index contributed by atoms with van der Waals surface area (Å²) in [5.41, 5.74) is 1.05. The number of anilines is 2. The van der Waals surface area contributed by atoms with Crippen LogP contribution in [0.15, 0.2) is 34.7 Å². The highest BCUT2D eigenvalue weighted by Crippen LogP contribution is 2.25. The second-order valence-corrected chi connectivity index (χ2v) is 8.71. The first-order valence-electron chi connectivity index (χ1n) is 7.91. The molecule has 1 aliphatic heterocycles. The Morgan fingerprint density at radius 2 is 1.96 bits per heavy atom. The molecule has 0 amide bonds. The van der Waals surface area contributed by atoms with E-state index < -0.39 is 10.0 Å². The standard InChI is InChI=1S/C16H21N3O2S2/c1-2-14-7-9-16(22-14)23(20,21)18-15-8-6-13(12-17-15)19-10-4-3-5-11-19/h6-9,12H,2-5,10-11H2,1H3,(H,17,18). The molecule has 1 aliphatic rings. The molecular formula is C16H21N3O2S2. The maximum atomic E-state index is 12.4. The molecule has 1 N–H and O–H groups in total. The molecular weight excluding hydrogens is 330 g/mol. The number of piperidine rings is 1. The van der Waals surface area contributed by atoms with Crippen molar-refractivity contribution in [2.24, 2.45) is 0 Å². The lowest BCUT2D eigenvalue weighted by Gasteiger charge is -2.28. The number of nitrogens with zero attached hydrogens (tertiary/aromatic N) is 2. The van der Waals surface area contributed by atoms with Crippen molar-refractivity contribution < 1.29 is 8.42 Å². The Morgan fingerprint density at radius 1 is 1.17 bits per heavy atom. The van der Waals surface area contributed by atoms with Crippen LogP contribution in [-0.2, 0) is 16.4 Å². The SMILES string of the molecule is CCc1ccc(S(=O)(=O)Nc2ccc(N3CCCCC3)cn2)s1. The Morgan fingerprint density at radius 3 is 2.57 bits per heavy atom. The minimum atomic E-state index is -3.55. The molecule has 1 saturated heterocycles. The van der Waals surface area contributed by atoms with E-state index in [1.807, 2.05) is 19.1 Å². The molecule has 0 aliphatic carbocycles. The van der Waals surface area contributed by atoms with E-state index >= 15 is 0 Å². The van der Waals surface area contributed by atoms with Gasteiger partial charge in [-0.1, -0.05) is 6.92 Å². The van der Waals surface area contributed by atoms with E-state index in [9.17, 15) is 8.42 Å². The van der Waals surface area contributed by atoms with E-state index in [1.54, 1.807) is 18.3 Å². The van der Waals surface area contributed by atoms with Gasteiger partial charge in [-0.2, -0.15) is 0 Å². The zero-order valence-corrected chi connectivity index (χ0v) is 14.8. The Bertz CT molecular complexity index is 748. The summed E-state index contributed by atoms with van der Waals surface area (Å²) in [6.45, 7) is 4.10. The number of aromatic nitrogens is 1. The van der Waals surface area contributed by atoms with Crippen LogP contribution in [0.4, 0.5) is 11.5 Å². The van der Waals surface area contributed by atoms with Crippen LogP contribution in [0.3, 0.4) is 0 Å². The fraction of sp³-hybridized carbons (Fsp3) is 0.438. The number of nitrogens with one attached hydrogen (secondary N) is 1. The lowest BCUT2D eigenvalue weighted by molar-refractivity contribution is 0.577. The summed E-state index contributed by atoms with van der Waals surface area (Å²) in [5.74, 6) is 0.359. The lowest BCUT2D eigenvalue weighted by atomic mass is 10.1. The highest BCUT2D eigenvalue weighted by molar-refractivity contribution is 7.94. The number of thiophene rings is 1. The third-order valence-corrected chi connectivity index (χ3v) is 7.03. The Balaban J connectivity index is 1.72. The van der Waals surface area contributed by atoms with Crippen molar-refractivity contribution in [3.63, 3.8) is 0 Å².